The lowest BCUT2D eigenvalue weighted by Crippen LogP contribution is -2.54. The lowest BCUT2D eigenvalue weighted by Gasteiger charge is -2.40. The molecule has 0 amide bonds. The predicted octanol–water partition coefficient (Wildman–Crippen LogP) is 2.58. The van der Waals surface area contributed by atoms with Crippen LogP contribution in [-0.4, -0.2) is 24.8 Å². The minimum absolute atomic E-state index is 0.119. The van der Waals surface area contributed by atoms with E-state index in [-0.39, 0.29) is 5.60 Å². The first kappa shape index (κ1) is 12.0. The Morgan fingerprint density at radius 3 is 2.36 bits per heavy atom. The quantitative estimate of drug-likeness (QED) is 0.751. The van der Waals surface area contributed by atoms with Crippen LogP contribution in [0.2, 0.25) is 0 Å². The molecule has 2 nitrogen and oxygen atoms in total. The topological polar surface area (TPSA) is 21.3 Å². The predicted molar refractivity (Wildman–Crippen MR) is 60.5 cm³/mol. The van der Waals surface area contributed by atoms with E-state index in [9.17, 15) is 0 Å². The summed E-state index contributed by atoms with van der Waals surface area (Å²) < 4.78 is 6.01. The van der Waals surface area contributed by atoms with Gasteiger partial charge in [0.2, 0.25) is 0 Å². The number of nitrogens with one attached hydrogen (secondary N) is 1. The van der Waals surface area contributed by atoms with Crippen LogP contribution >= 0.6 is 0 Å². The summed E-state index contributed by atoms with van der Waals surface area (Å²) in [6, 6.07) is 0.571. The molecule has 1 N–H and O–H groups in total. The van der Waals surface area contributed by atoms with Gasteiger partial charge in [0, 0.05) is 12.6 Å². The Labute approximate surface area is 88.4 Å². The zero-order valence-electron chi connectivity index (χ0n) is 10.1. The molecule has 1 aliphatic heterocycles. The molecule has 0 spiro atoms. The molecule has 0 aliphatic carbocycles. The minimum atomic E-state index is 0.119. The van der Waals surface area contributed by atoms with Gasteiger partial charge in [-0.3, -0.25) is 0 Å². The fourth-order valence-electron chi connectivity index (χ4n) is 2.14. The second-order valence-corrected chi connectivity index (χ2v) is 4.91. The van der Waals surface area contributed by atoms with Gasteiger partial charge in [-0.15, -0.1) is 0 Å². The van der Waals surface area contributed by atoms with Crippen molar-refractivity contribution in [3.8, 4) is 0 Å². The molecule has 0 aromatic rings. The molecule has 1 heterocycles. The monoisotopic (exact) mass is 199 g/mol. The van der Waals surface area contributed by atoms with E-state index in [1.165, 1.54) is 6.42 Å². The van der Waals surface area contributed by atoms with E-state index >= 15 is 0 Å². The van der Waals surface area contributed by atoms with Gasteiger partial charge < -0.3 is 10.1 Å². The summed E-state index contributed by atoms with van der Waals surface area (Å²) in [7, 11) is 0. The summed E-state index contributed by atoms with van der Waals surface area (Å²) in [6.45, 7) is 10.9. The van der Waals surface area contributed by atoms with Crippen LogP contribution in [0.15, 0.2) is 0 Å². The van der Waals surface area contributed by atoms with Crippen LogP contribution in [0.4, 0.5) is 0 Å². The normalized spacial score (nSPS) is 26.8. The third kappa shape index (κ3) is 2.96. The molecule has 1 atom stereocenters. The zero-order chi connectivity index (χ0) is 10.6. The maximum atomic E-state index is 6.01. The lowest BCUT2D eigenvalue weighted by molar-refractivity contribution is -0.0896. The second kappa shape index (κ2) is 5.13. The lowest BCUT2D eigenvalue weighted by atomic mass is 9.93. The number of morpholine rings is 1. The van der Waals surface area contributed by atoms with Crippen molar-refractivity contribution in [1.82, 2.24) is 5.32 Å². The Kier molecular flexibility index (Phi) is 4.39. The van der Waals surface area contributed by atoms with Crippen LogP contribution in [-0.2, 0) is 4.74 Å². The van der Waals surface area contributed by atoms with Crippen molar-refractivity contribution in [1.29, 1.82) is 0 Å². The van der Waals surface area contributed by atoms with Gasteiger partial charge in [0.1, 0.15) is 0 Å². The maximum absolute atomic E-state index is 6.01. The SMILES string of the molecule is CCC1(CC)CNC(CC(C)C)CO1. The number of rotatable bonds is 4. The fourth-order valence-corrected chi connectivity index (χ4v) is 2.14. The van der Waals surface area contributed by atoms with Crippen molar-refractivity contribution in [3.05, 3.63) is 0 Å². The minimum Gasteiger partial charge on any atom is -0.372 e. The highest BCUT2D eigenvalue weighted by Gasteiger charge is 2.32. The molecule has 1 rings (SSSR count). The van der Waals surface area contributed by atoms with E-state index in [1.807, 2.05) is 0 Å². The Hall–Kier alpha value is -0.0800. The first-order chi connectivity index (χ1) is 6.62. The number of hydrogen-bond donors (Lipinski definition) is 1. The van der Waals surface area contributed by atoms with Gasteiger partial charge in [0.05, 0.1) is 12.2 Å². The van der Waals surface area contributed by atoms with Gasteiger partial charge in [-0.05, 0) is 25.2 Å². The van der Waals surface area contributed by atoms with Crippen molar-refractivity contribution >= 4 is 0 Å². The van der Waals surface area contributed by atoms with E-state index in [0.717, 1.165) is 31.9 Å². The van der Waals surface area contributed by atoms with Crippen LogP contribution in [0.1, 0.15) is 47.0 Å². The number of hydrogen-bond acceptors (Lipinski definition) is 2. The standard InChI is InChI=1S/C12H25NO/c1-5-12(6-2)9-13-11(8-14-12)7-10(3)4/h10-11,13H,5-9H2,1-4H3. The van der Waals surface area contributed by atoms with Gasteiger partial charge in [-0.1, -0.05) is 27.7 Å². The molecular weight excluding hydrogens is 174 g/mol. The largest absolute Gasteiger partial charge is 0.372 e. The van der Waals surface area contributed by atoms with E-state index in [0.29, 0.717) is 6.04 Å². The highest BCUT2D eigenvalue weighted by atomic mass is 16.5. The van der Waals surface area contributed by atoms with Gasteiger partial charge in [0.15, 0.2) is 0 Å². The average Bonchev–Trinajstić information content (AvgIpc) is 2.19. The van der Waals surface area contributed by atoms with E-state index in [2.05, 4.69) is 33.0 Å². The molecule has 1 fully saturated rings. The van der Waals surface area contributed by atoms with Crippen LogP contribution in [0.5, 0.6) is 0 Å². The van der Waals surface area contributed by atoms with Crippen LogP contribution in [0.3, 0.4) is 0 Å². The summed E-state index contributed by atoms with van der Waals surface area (Å²) in [6.07, 6.45) is 3.46. The van der Waals surface area contributed by atoms with E-state index in [4.69, 9.17) is 4.74 Å². The Morgan fingerprint density at radius 2 is 2.00 bits per heavy atom. The number of ether oxygens (including phenoxy) is 1. The Bertz CT molecular complexity index is 154. The van der Waals surface area contributed by atoms with Crippen molar-refractivity contribution in [2.24, 2.45) is 5.92 Å². The molecule has 1 aliphatic rings. The second-order valence-electron chi connectivity index (χ2n) is 4.91. The molecule has 0 bridgehead atoms. The van der Waals surface area contributed by atoms with Crippen LogP contribution in [0.25, 0.3) is 0 Å². The van der Waals surface area contributed by atoms with Gasteiger partial charge in [0.25, 0.3) is 0 Å². The molecule has 1 unspecified atom stereocenters. The summed E-state index contributed by atoms with van der Waals surface area (Å²) in [4.78, 5) is 0. The fraction of sp³-hybridized carbons (Fsp3) is 1.00. The van der Waals surface area contributed by atoms with Crippen molar-refractivity contribution in [3.63, 3.8) is 0 Å². The Balaban J connectivity index is 2.37. The van der Waals surface area contributed by atoms with Crippen molar-refractivity contribution in [2.75, 3.05) is 13.2 Å². The summed E-state index contributed by atoms with van der Waals surface area (Å²) in [5.74, 6) is 0.756. The maximum Gasteiger partial charge on any atom is 0.0801 e. The van der Waals surface area contributed by atoms with E-state index < -0.39 is 0 Å². The molecule has 1 saturated heterocycles. The van der Waals surface area contributed by atoms with Gasteiger partial charge >= 0.3 is 0 Å². The molecule has 84 valence electrons. The van der Waals surface area contributed by atoms with Crippen LogP contribution in [0, 0.1) is 5.92 Å². The first-order valence-corrected chi connectivity index (χ1v) is 5.99. The van der Waals surface area contributed by atoms with E-state index in [1.54, 1.807) is 0 Å². The highest BCUT2D eigenvalue weighted by Crippen LogP contribution is 2.24. The third-order valence-corrected chi connectivity index (χ3v) is 3.35. The van der Waals surface area contributed by atoms with Gasteiger partial charge in [-0.25, -0.2) is 0 Å². The van der Waals surface area contributed by atoms with Crippen molar-refractivity contribution < 1.29 is 4.74 Å². The average molecular weight is 199 g/mol. The van der Waals surface area contributed by atoms with Gasteiger partial charge in [-0.2, -0.15) is 0 Å². The molecule has 0 aromatic carbocycles. The first-order valence-electron chi connectivity index (χ1n) is 5.99. The molecule has 0 radical (unpaired) electrons. The molecule has 0 saturated carbocycles. The molecule has 0 aromatic heterocycles. The third-order valence-electron chi connectivity index (χ3n) is 3.35. The highest BCUT2D eigenvalue weighted by molar-refractivity contribution is 4.87. The molecule has 2 heteroatoms. The molecular formula is C12H25NO. The van der Waals surface area contributed by atoms with Crippen molar-refractivity contribution in [2.45, 2.75) is 58.6 Å². The Morgan fingerprint density at radius 1 is 1.36 bits per heavy atom. The summed E-state index contributed by atoms with van der Waals surface area (Å²) in [5, 5.41) is 3.62. The molecule has 14 heavy (non-hydrogen) atoms. The summed E-state index contributed by atoms with van der Waals surface area (Å²) in [5.41, 5.74) is 0.119. The summed E-state index contributed by atoms with van der Waals surface area (Å²) >= 11 is 0. The smallest absolute Gasteiger partial charge is 0.0801 e. The zero-order valence-corrected chi connectivity index (χ0v) is 10.1. The van der Waals surface area contributed by atoms with Crippen LogP contribution < -0.4 is 5.32 Å².